The minimum atomic E-state index is -0.590. The third-order valence-corrected chi connectivity index (χ3v) is 7.61. The van der Waals surface area contributed by atoms with E-state index in [4.69, 9.17) is 9.84 Å². The van der Waals surface area contributed by atoms with Crippen LogP contribution in [0.4, 0.5) is 5.69 Å². The Hall–Kier alpha value is -3.91. The molecule has 0 spiro atoms. The van der Waals surface area contributed by atoms with E-state index in [1.54, 1.807) is 7.11 Å². The van der Waals surface area contributed by atoms with Gasteiger partial charge in [0.1, 0.15) is 11.0 Å². The molecule has 2 aliphatic rings. The lowest BCUT2D eigenvalue weighted by Gasteiger charge is -2.23. The number of nitrogens with one attached hydrogen (secondary N) is 1. The quantitative estimate of drug-likeness (QED) is 0.472. The number of carbonyl (C=O) groups is 2. The Labute approximate surface area is 220 Å². The van der Waals surface area contributed by atoms with Crippen molar-refractivity contribution >= 4 is 40.1 Å². The molecule has 2 amide bonds. The molecule has 0 aromatic heterocycles. The van der Waals surface area contributed by atoms with Gasteiger partial charge in [-0.25, -0.2) is 5.01 Å². The lowest BCUT2D eigenvalue weighted by molar-refractivity contribution is -0.121. The van der Waals surface area contributed by atoms with Crippen molar-refractivity contribution < 1.29 is 14.3 Å². The van der Waals surface area contributed by atoms with Gasteiger partial charge < -0.3 is 10.1 Å². The Balaban J connectivity index is 1.34. The highest BCUT2D eigenvalue weighted by molar-refractivity contribution is 8.15. The SMILES string of the molecule is COc1ccc([C@H]2CC(c3ccccc3)=NN2C2=NC(=O)[C@@H](CC(=O)Nc3ccc(C)cc3C)S2)cc1. The second kappa shape index (κ2) is 10.6. The van der Waals surface area contributed by atoms with Crippen LogP contribution in [0.2, 0.25) is 0 Å². The number of ether oxygens (including phenoxy) is 1. The number of carbonyl (C=O) groups excluding carboxylic acids is 2. The number of methoxy groups -OCH3 is 1. The normalized spacial score (nSPS) is 19.0. The van der Waals surface area contributed by atoms with Gasteiger partial charge in [0, 0.05) is 18.5 Å². The van der Waals surface area contributed by atoms with Gasteiger partial charge in [-0.3, -0.25) is 9.59 Å². The summed E-state index contributed by atoms with van der Waals surface area (Å²) in [7, 11) is 1.64. The zero-order valence-corrected chi connectivity index (χ0v) is 21.8. The van der Waals surface area contributed by atoms with Crippen molar-refractivity contribution in [2.24, 2.45) is 10.1 Å². The van der Waals surface area contributed by atoms with Crippen LogP contribution in [0.5, 0.6) is 5.75 Å². The van der Waals surface area contributed by atoms with Crippen LogP contribution in [0.15, 0.2) is 82.9 Å². The second-order valence-electron chi connectivity index (χ2n) is 9.16. The van der Waals surface area contributed by atoms with Crippen molar-refractivity contribution in [2.45, 2.75) is 38.0 Å². The number of benzene rings is 3. The molecule has 2 heterocycles. The van der Waals surface area contributed by atoms with Crippen LogP contribution < -0.4 is 10.1 Å². The third-order valence-electron chi connectivity index (χ3n) is 6.47. The van der Waals surface area contributed by atoms with Crippen LogP contribution in [0.3, 0.4) is 0 Å². The molecule has 0 radical (unpaired) electrons. The molecule has 188 valence electrons. The van der Waals surface area contributed by atoms with E-state index in [0.717, 1.165) is 39.4 Å². The van der Waals surface area contributed by atoms with Crippen LogP contribution in [0.25, 0.3) is 0 Å². The van der Waals surface area contributed by atoms with Gasteiger partial charge in [0.15, 0.2) is 5.17 Å². The van der Waals surface area contributed by atoms with Crippen LogP contribution >= 0.6 is 11.8 Å². The summed E-state index contributed by atoms with van der Waals surface area (Å²) in [6, 6.07) is 23.6. The third kappa shape index (κ3) is 5.44. The summed E-state index contributed by atoms with van der Waals surface area (Å²) < 4.78 is 5.32. The standard InChI is InChI=1S/C29H28N4O3S/c1-18-9-14-23(19(2)15-18)30-27(34)17-26-28(35)31-29(37-26)33-25(21-10-12-22(36-3)13-11-21)16-24(32-33)20-7-5-4-6-8-20/h4-15,25-26H,16-17H2,1-3H3,(H,30,34)/t25-,26-/m1/s1. The Morgan fingerprint density at radius 1 is 1.08 bits per heavy atom. The molecule has 2 atom stereocenters. The minimum absolute atomic E-state index is 0.0418. The van der Waals surface area contributed by atoms with Crippen LogP contribution in [-0.2, 0) is 9.59 Å². The van der Waals surface area contributed by atoms with Gasteiger partial charge >= 0.3 is 0 Å². The largest absolute Gasteiger partial charge is 0.497 e. The number of rotatable bonds is 6. The lowest BCUT2D eigenvalue weighted by Crippen LogP contribution is -2.25. The van der Waals surface area contributed by atoms with E-state index in [2.05, 4.69) is 10.3 Å². The summed E-state index contributed by atoms with van der Waals surface area (Å²) >= 11 is 1.30. The predicted molar refractivity (Wildman–Crippen MR) is 148 cm³/mol. The molecule has 3 aromatic rings. The Bertz CT molecular complexity index is 1390. The highest BCUT2D eigenvalue weighted by Gasteiger charge is 2.39. The molecule has 8 heteroatoms. The van der Waals surface area contributed by atoms with Crippen LogP contribution in [0, 0.1) is 13.8 Å². The number of aliphatic imine (C=N–C) groups is 1. The highest BCUT2D eigenvalue weighted by atomic mass is 32.2. The number of nitrogens with zero attached hydrogens (tertiary/aromatic N) is 3. The molecule has 5 rings (SSSR count). The molecular formula is C29H28N4O3S. The average Bonchev–Trinajstić information content (AvgIpc) is 3.50. The minimum Gasteiger partial charge on any atom is -0.497 e. The summed E-state index contributed by atoms with van der Waals surface area (Å²) in [4.78, 5) is 30.0. The molecule has 0 bridgehead atoms. The Kier molecular flexibility index (Phi) is 7.10. The Morgan fingerprint density at radius 2 is 1.84 bits per heavy atom. The number of amides is 2. The topological polar surface area (TPSA) is 83.4 Å². The summed E-state index contributed by atoms with van der Waals surface area (Å²) in [5.74, 6) is 0.249. The molecule has 0 saturated carbocycles. The summed E-state index contributed by atoms with van der Waals surface area (Å²) in [6.45, 7) is 3.96. The van der Waals surface area contributed by atoms with Gasteiger partial charge in [-0.05, 0) is 48.7 Å². The smallest absolute Gasteiger partial charge is 0.262 e. The molecule has 37 heavy (non-hydrogen) atoms. The zero-order valence-electron chi connectivity index (χ0n) is 21.0. The molecule has 2 aliphatic heterocycles. The number of hydrazone groups is 1. The van der Waals surface area contributed by atoms with E-state index >= 15 is 0 Å². The molecule has 7 nitrogen and oxygen atoms in total. The Morgan fingerprint density at radius 3 is 2.54 bits per heavy atom. The first kappa shape index (κ1) is 24.8. The van der Waals surface area contributed by atoms with Crippen molar-refractivity contribution in [3.63, 3.8) is 0 Å². The van der Waals surface area contributed by atoms with Gasteiger partial charge in [-0.1, -0.05) is 71.9 Å². The summed E-state index contributed by atoms with van der Waals surface area (Å²) in [5.41, 5.74) is 5.86. The fraction of sp³-hybridized carbons (Fsp3) is 0.241. The first-order chi connectivity index (χ1) is 17.9. The number of hydrogen-bond acceptors (Lipinski definition) is 6. The number of amidine groups is 1. The van der Waals surface area contributed by atoms with E-state index in [0.29, 0.717) is 11.6 Å². The van der Waals surface area contributed by atoms with E-state index in [-0.39, 0.29) is 24.3 Å². The van der Waals surface area contributed by atoms with E-state index in [1.807, 2.05) is 91.7 Å². The molecule has 1 N–H and O–H groups in total. The highest BCUT2D eigenvalue weighted by Crippen LogP contribution is 2.39. The van der Waals surface area contributed by atoms with Gasteiger partial charge in [-0.2, -0.15) is 10.1 Å². The van der Waals surface area contributed by atoms with Crippen molar-refractivity contribution in [1.82, 2.24) is 5.01 Å². The van der Waals surface area contributed by atoms with E-state index in [9.17, 15) is 9.59 Å². The second-order valence-corrected chi connectivity index (χ2v) is 10.3. The lowest BCUT2D eigenvalue weighted by atomic mass is 9.98. The van der Waals surface area contributed by atoms with Crippen molar-refractivity contribution in [3.05, 3.63) is 95.1 Å². The number of thioether (sulfide) groups is 1. The van der Waals surface area contributed by atoms with Crippen molar-refractivity contribution in [3.8, 4) is 5.75 Å². The van der Waals surface area contributed by atoms with E-state index < -0.39 is 5.25 Å². The monoisotopic (exact) mass is 512 g/mol. The maximum atomic E-state index is 12.8. The number of anilines is 1. The molecule has 3 aromatic carbocycles. The fourth-order valence-corrected chi connectivity index (χ4v) is 5.57. The molecule has 0 unspecified atom stereocenters. The molecule has 0 saturated heterocycles. The molecule has 0 aliphatic carbocycles. The van der Waals surface area contributed by atoms with Crippen LogP contribution in [0.1, 0.15) is 41.1 Å². The average molecular weight is 513 g/mol. The number of aryl methyl sites for hydroxylation is 2. The van der Waals surface area contributed by atoms with Gasteiger partial charge in [0.25, 0.3) is 5.91 Å². The molecule has 0 fully saturated rings. The summed E-state index contributed by atoms with van der Waals surface area (Å²) in [5, 5.41) is 9.58. The summed E-state index contributed by atoms with van der Waals surface area (Å²) in [6.07, 6.45) is 0.710. The van der Waals surface area contributed by atoms with Crippen molar-refractivity contribution in [1.29, 1.82) is 0 Å². The van der Waals surface area contributed by atoms with Gasteiger partial charge in [-0.15, -0.1) is 0 Å². The number of hydrogen-bond donors (Lipinski definition) is 1. The predicted octanol–water partition coefficient (Wildman–Crippen LogP) is 5.49. The fourth-order valence-electron chi connectivity index (χ4n) is 4.51. The van der Waals surface area contributed by atoms with Crippen LogP contribution in [-0.4, -0.2) is 40.1 Å². The maximum absolute atomic E-state index is 12.8. The molecular weight excluding hydrogens is 484 g/mol. The zero-order chi connectivity index (χ0) is 25.9. The first-order valence-corrected chi connectivity index (χ1v) is 13.0. The maximum Gasteiger partial charge on any atom is 0.262 e. The van der Waals surface area contributed by atoms with Crippen molar-refractivity contribution in [2.75, 3.05) is 12.4 Å². The van der Waals surface area contributed by atoms with E-state index in [1.165, 1.54) is 11.8 Å². The van der Waals surface area contributed by atoms with Gasteiger partial charge in [0.05, 0.1) is 18.9 Å². The first-order valence-electron chi connectivity index (χ1n) is 12.1. The van der Waals surface area contributed by atoms with Gasteiger partial charge in [0.2, 0.25) is 5.91 Å².